The van der Waals surface area contributed by atoms with Crippen molar-refractivity contribution in [2.24, 2.45) is 0 Å². The lowest BCUT2D eigenvalue weighted by molar-refractivity contribution is 0.122. The van der Waals surface area contributed by atoms with Gasteiger partial charge < -0.3 is 9.15 Å². The summed E-state index contributed by atoms with van der Waals surface area (Å²) in [4.78, 5) is 0. The molecule has 0 fully saturated rings. The fraction of sp³-hybridized carbons (Fsp3) is 0.455. The van der Waals surface area contributed by atoms with Crippen molar-refractivity contribution in [2.75, 3.05) is 0 Å². The maximum atomic E-state index is 5.63. The lowest BCUT2D eigenvalue weighted by Gasteiger charge is -2.26. The van der Waals surface area contributed by atoms with E-state index in [0.717, 1.165) is 18.6 Å². The van der Waals surface area contributed by atoms with Crippen molar-refractivity contribution in [3.63, 3.8) is 0 Å². The fourth-order valence-corrected chi connectivity index (χ4v) is 2.24. The summed E-state index contributed by atoms with van der Waals surface area (Å²) in [5.74, 6) is 1.14. The van der Waals surface area contributed by atoms with Crippen LogP contribution in [0.25, 0.3) is 5.57 Å². The Balaban J connectivity index is 2.22. The number of hydrogen-bond acceptors (Lipinski definition) is 2. The summed E-state index contributed by atoms with van der Waals surface area (Å²) in [6.45, 7) is 2.07. The topological polar surface area (TPSA) is 22.4 Å². The molecule has 0 saturated heterocycles. The summed E-state index contributed by atoms with van der Waals surface area (Å²) < 4.78 is 11.2. The predicted octanol–water partition coefficient (Wildman–Crippen LogP) is 3.05. The average Bonchev–Trinajstić information content (AvgIpc) is 2.57. The van der Waals surface area contributed by atoms with E-state index in [0.29, 0.717) is 0 Å². The van der Waals surface area contributed by atoms with Gasteiger partial charge in [-0.3, -0.25) is 0 Å². The van der Waals surface area contributed by atoms with E-state index in [2.05, 4.69) is 6.92 Å². The molecule has 1 aromatic heterocycles. The summed E-state index contributed by atoms with van der Waals surface area (Å²) in [5, 5.41) is 0. The minimum absolute atomic E-state index is 0.265. The van der Waals surface area contributed by atoms with Crippen molar-refractivity contribution in [1.29, 1.82) is 0 Å². The fourth-order valence-electron chi connectivity index (χ4n) is 2.24. The van der Waals surface area contributed by atoms with E-state index in [1.165, 1.54) is 23.1 Å². The second-order valence-electron chi connectivity index (χ2n) is 3.80. The predicted molar refractivity (Wildman–Crippen MR) is 49.1 cm³/mol. The molecule has 3 rings (SSSR count). The summed E-state index contributed by atoms with van der Waals surface area (Å²) in [6, 6.07) is 0. The van der Waals surface area contributed by atoms with Gasteiger partial charge in [-0.25, -0.2) is 0 Å². The Morgan fingerprint density at radius 3 is 3.31 bits per heavy atom. The first kappa shape index (κ1) is 7.25. The first-order valence-electron chi connectivity index (χ1n) is 4.79. The zero-order chi connectivity index (χ0) is 8.84. The van der Waals surface area contributed by atoms with Gasteiger partial charge in [0, 0.05) is 17.5 Å². The first-order chi connectivity index (χ1) is 6.36. The van der Waals surface area contributed by atoms with Crippen molar-refractivity contribution in [2.45, 2.75) is 32.3 Å². The molecule has 1 unspecified atom stereocenters. The van der Waals surface area contributed by atoms with E-state index < -0.39 is 0 Å². The lowest BCUT2D eigenvalue weighted by atomic mass is 9.89. The molecule has 0 saturated carbocycles. The molecule has 1 aromatic rings. The molecule has 1 aliphatic carbocycles. The highest BCUT2D eigenvalue weighted by molar-refractivity contribution is 5.67. The highest BCUT2D eigenvalue weighted by Crippen LogP contribution is 2.41. The van der Waals surface area contributed by atoms with Crippen LogP contribution in [0.15, 0.2) is 16.9 Å². The molecule has 0 bridgehead atoms. The van der Waals surface area contributed by atoms with Crippen LogP contribution in [-0.2, 0) is 11.2 Å². The first-order valence-corrected chi connectivity index (χ1v) is 4.79. The molecule has 0 aromatic carbocycles. The highest BCUT2D eigenvalue weighted by Gasteiger charge is 2.30. The van der Waals surface area contributed by atoms with E-state index in [4.69, 9.17) is 9.15 Å². The standard InChI is InChI=1S/C11H12O2/c1-7-5-12-9-3-2-4-10-11(9)8(7)6-13-10/h5-6,9H,2-4H2,1H3. The van der Waals surface area contributed by atoms with Gasteiger partial charge in [0.05, 0.1) is 12.5 Å². The van der Waals surface area contributed by atoms with Crippen LogP contribution in [0, 0.1) is 0 Å². The Hall–Kier alpha value is -1.18. The van der Waals surface area contributed by atoms with Gasteiger partial charge in [-0.05, 0) is 25.3 Å². The van der Waals surface area contributed by atoms with Crippen molar-refractivity contribution >= 4 is 5.57 Å². The zero-order valence-corrected chi connectivity index (χ0v) is 7.67. The van der Waals surface area contributed by atoms with Gasteiger partial charge in [-0.2, -0.15) is 0 Å². The minimum Gasteiger partial charge on any atom is -0.493 e. The molecule has 13 heavy (non-hydrogen) atoms. The van der Waals surface area contributed by atoms with Gasteiger partial charge in [-0.1, -0.05) is 0 Å². The lowest BCUT2D eigenvalue weighted by Crippen LogP contribution is -2.13. The molecule has 0 N–H and O–H groups in total. The number of furan rings is 1. The minimum atomic E-state index is 0.265. The third kappa shape index (κ3) is 0.886. The molecule has 2 nitrogen and oxygen atoms in total. The molecule has 2 heteroatoms. The number of hydrogen-bond donors (Lipinski definition) is 0. The second-order valence-corrected chi connectivity index (χ2v) is 3.80. The van der Waals surface area contributed by atoms with Crippen LogP contribution >= 0.6 is 0 Å². The van der Waals surface area contributed by atoms with Gasteiger partial charge >= 0.3 is 0 Å². The third-order valence-electron chi connectivity index (χ3n) is 2.94. The quantitative estimate of drug-likeness (QED) is 0.606. The van der Waals surface area contributed by atoms with Gasteiger partial charge in [0.2, 0.25) is 0 Å². The molecule has 68 valence electrons. The Kier molecular flexibility index (Phi) is 1.34. The molecular weight excluding hydrogens is 164 g/mol. The summed E-state index contributed by atoms with van der Waals surface area (Å²) in [6.07, 6.45) is 7.37. The number of aryl methyl sites for hydroxylation is 1. The summed E-state index contributed by atoms with van der Waals surface area (Å²) >= 11 is 0. The van der Waals surface area contributed by atoms with Crippen LogP contribution in [-0.4, -0.2) is 0 Å². The Bertz CT molecular complexity index is 373. The molecule has 1 atom stereocenters. The monoisotopic (exact) mass is 176 g/mol. The molecule has 0 radical (unpaired) electrons. The van der Waals surface area contributed by atoms with E-state index in [-0.39, 0.29) is 6.10 Å². The molecule has 2 heterocycles. The largest absolute Gasteiger partial charge is 0.493 e. The second kappa shape index (κ2) is 2.41. The van der Waals surface area contributed by atoms with Crippen LogP contribution in [0.3, 0.4) is 0 Å². The number of ether oxygens (including phenoxy) is 1. The molecule has 0 amide bonds. The summed E-state index contributed by atoms with van der Waals surface area (Å²) in [7, 11) is 0. The number of rotatable bonds is 0. The summed E-state index contributed by atoms with van der Waals surface area (Å²) in [5.41, 5.74) is 3.75. The number of allylic oxidation sites excluding steroid dienone is 1. The van der Waals surface area contributed by atoms with Crippen molar-refractivity contribution in [3.05, 3.63) is 29.4 Å². The van der Waals surface area contributed by atoms with Gasteiger partial charge in [0.25, 0.3) is 0 Å². The van der Waals surface area contributed by atoms with Crippen molar-refractivity contribution in [1.82, 2.24) is 0 Å². The highest BCUT2D eigenvalue weighted by atomic mass is 16.5. The molecule has 0 spiro atoms. The Morgan fingerprint density at radius 2 is 2.38 bits per heavy atom. The van der Waals surface area contributed by atoms with E-state index in [1.54, 1.807) is 0 Å². The molecular formula is C11H12O2. The zero-order valence-electron chi connectivity index (χ0n) is 7.67. The Morgan fingerprint density at radius 1 is 1.46 bits per heavy atom. The van der Waals surface area contributed by atoms with Crippen LogP contribution in [0.2, 0.25) is 0 Å². The van der Waals surface area contributed by atoms with Crippen molar-refractivity contribution < 1.29 is 9.15 Å². The van der Waals surface area contributed by atoms with Crippen LogP contribution in [0.4, 0.5) is 0 Å². The Labute approximate surface area is 77.2 Å². The van der Waals surface area contributed by atoms with Crippen LogP contribution in [0.1, 0.15) is 42.8 Å². The maximum Gasteiger partial charge on any atom is 0.127 e. The van der Waals surface area contributed by atoms with Gasteiger partial charge in [0.15, 0.2) is 0 Å². The normalized spacial score (nSPS) is 24.7. The SMILES string of the molecule is CC1=COC2CCCc3occ1c32. The smallest absolute Gasteiger partial charge is 0.127 e. The molecule has 1 aliphatic heterocycles. The third-order valence-corrected chi connectivity index (χ3v) is 2.94. The van der Waals surface area contributed by atoms with E-state index >= 15 is 0 Å². The maximum absolute atomic E-state index is 5.63. The van der Waals surface area contributed by atoms with E-state index in [9.17, 15) is 0 Å². The van der Waals surface area contributed by atoms with Crippen LogP contribution < -0.4 is 0 Å². The van der Waals surface area contributed by atoms with Gasteiger partial charge in [-0.15, -0.1) is 0 Å². The average molecular weight is 176 g/mol. The molecule has 2 aliphatic rings. The van der Waals surface area contributed by atoms with Crippen LogP contribution in [0.5, 0.6) is 0 Å². The van der Waals surface area contributed by atoms with E-state index in [1.807, 2.05) is 12.5 Å². The van der Waals surface area contributed by atoms with Gasteiger partial charge in [0.1, 0.15) is 11.9 Å². The van der Waals surface area contributed by atoms with Crippen molar-refractivity contribution in [3.8, 4) is 0 Å².